The molecule has 4 rings (SSSR count). The SMILES string of the molecule is Cl.Cl.O=C(N1CCN(C2CCNC2)CC1)C1(c2ccccc2)CCCCC1. The minimum atomic E-state index is -0.267. The average Bonchev–Trinajstić information content (AvgIpc) is 3.24. The minimum absolute atomic E-state index is 0. The molecule has 6 heteroatoms. The molecule has 2 aliphatic heterocycles. The molecule has 152 valence electrons. The van der Waals surface area contributed by atoms with E-state index >= 15 is 0 Å². The van der Waals surface area contributed by atoms with Crippen molar-refractivity contribution in [3.05, 3.63) is 35.9 Å². The van der Waals surface area contributed by atoms with E-state index < -0.39 is 0 Å². The Labute approximate surface area is 175 Å². The van der Waals surface area contributed by atoms with Crippen molar-refractivity contribution in [3.63, 3.8) is 0 Å². The number of halogens is 2. The molecule has 27 heavy (non-hydrogen) atoms. The lowest BCUT2D eigenvalue weighted by Crippen LogP contribution is -2.57. The second kappa shape index (κ2) is 10.1. The molecule has 1 saturated carbocycles. The summed E-state index contributed by atoms with van der Waals surface area (Å²) < 4.78 is 0. The Morgan fingerprint density at radius 2 is 1.63 bits per heavy atom. The third-order valence-electron chi connectivity index (χ3n) is 6.60. The minimum Gasteiger partial charge on any atom is -0.339 e. The number of benzene rings is 1. The maximum atomic E-state index is 13.6. The molecule has 2 heterocycles. The Hall–Kier alpha value is -0.810. The zero-order valence-corrected chi connectivity index (χ0v) is 17.7. The highest BCUT2D eigenvalue weighted by Gasteiger charge is 2.44. The highest BCUT2D eigenvalue weighted by Crippen LogP contribution is 2.41. The van der Waals surface area contributed by atoms with Gasteiger partial charge in [0, 0.05) is 38.8 Å². The fourth-order valence-corrected chi connectivity index (χ4v) is 5.08. The summed E-state index contributed by atoms with van der Waals surface area (Å²) in [6, 6.07) is 11.2. The molecule has 1 amide bonds. The van der Waals surface area contributed by atoms with Gasteiger partial charge in [0.25, 0.3) is 0 Å². The van der Waals surface area contributed by atoms with E-state index in [1.54, 1.807) is 0 Å². The van der Waals surface area contributed by atoms with Gasteiger partial charge in [-0.25, -0.2) is 0 Å². The molecule has 0 aromatic heterocycles. The highest BCUT2D eigenvalue weighted by atomic mass is 35.5. The second-order valence-corrected chi connectivity index (χ2v) is 7.98. The Balaban J connectivity index is 0.00000131. The van der Waals surface area contributed by atoms with E-state index in [9.17, 15) is 4.79 Å². The number of nitrogens with one attached hydrogen (secondary N) is 1. The number of hydrogen-bond acceptors (Lipinski definition) is 3. The van der Waals surface area contributed by atoms with Crippen molar-refractivity contribution < 1.29 is 4.79 Å². The lowest BCUT2D eigenvalue weighted by atomic mass is 9.68. The lowest BCUT2D eigenvalue weighted by Gasteiger charge is -2.44. The van der Waals surface area contributed by atoms with Gasteiger partial charge >= 0.3 is 0 Å². The molecule has 3 aliphatic rings. The molecule has 1 N–H and O–H groups in total. The lowest BCUT2D eigenvalue weighted by molar-refractivity contribution is -0.141. The fourth-order valence-electron chi connectivity index (χ4n) is 5.08. The van der Waals surface area contributed by atoms with E-state index in [-0.39, 0.29) is 30.2 Å². The van der Waals surface area contributed by atoms with Crippen LogP contribution in [0.4, 0.5) is 0 Å². The van der Waals surface area contributed by atoms with Crippen LogP contribution in [0.2, 0.25) is 0 Å². The van der Waals surface area contributed by atoms with Crippen LogP contribution in [0.15, 0.2) is 30.3 Å². The largest absolute Gasteiger partial charge is 0.339 e. The first-order valence-corrected chi connectivity index (χ1v) is 10.1. The van der Waals surface area contributed by atoms with Gasteiger partial charge in [-0.3, -0.25) is 9.69 Å². The van der Waals surface area contributed by atoms with E-state index in [1.807, 2.05) is 0 Å². The molecule has 3 fully saturated rings. The van der Waals surface area contributed by atoms with Gasteiger partial charge in [0.05, 0.1) is 5.41 Å². The van der Waals surface area contributed by atoms with Crippen LogP contribution in [0.5, 0.6) is 0 Å². The molecule has 1 aliphatic carbocycles. The summed E-state index contributed by atoms with van der Waals surface area (Å²) in [5.41, 5.74) is 0.971. The van der Waals surface area contributed by atoms with Gasteiger partial charge in [0.1, 0.15) is 0 Å². The van der Waals surface area contributed by atoms with Crippen molar-refractivity contribution in [2.45, 2.75) is 50.0 Å². The van der Waals surface area contributed by atoms with Crippen LogP contribution in [0.1, 0.15) is 44.1 Å². The molecule has 1 aromatic carbocycles. The maximum Gasteiger partial charge on any atom is 0.233 e. The zero-order chi connectivity index (χ0) is 17.1. The number of rotatable bonds is 3. The summed E-state index contributed by atoms with van der Waals surface area (Å²) in [6.45, 7) is 6.10. The van der Waals surface area contributed by atoms with Crippen molar-refractivity contribution in [2.24, 2.45) is 0 Å². The Bertz CT molecular complexity index is 578. The summed E-state index contributed by atoms with van der Waals surface area (Å²) in [7, 11) is 0. The molecule has 2 saturated heterocycles. The van der Waals surface area contributed by atoms with Crippen LogP contribution in [0, 0.1) is 0 Å². The molecule has 1 aromatic rings. The summed E-state index contributed by atoms with van der Waals surface area (Å²) in [5.74, 6) is 0.391. The van der Waals surface area contributed by atoms with E-state index in [0.29, 0.717) is 11.9 Å². The Morgan fingerprint density at radius 1 is 0.963 bits per heavy atom. The van der Waals surface area contributed by atoms with Crippen LogP contribution in [-0.4, -0.2) is 61.0 Å². The van der Waals surface area contributed by atoms with Crippen LogP contribution in [0.3, 0.4) is 0 Å². The van der Waals surface area contributed by atoms with Gasteiger partial charge in [0.15, 0.2) is 0 Å². The number of nitrogens with zero attached hydrogens (tertiary/aromatic N) is 2. The molecular weight excluding hydrogens is 381 g/mol. The van der Waals surface area contributed by atoms with Gasteiger partial charge in [-0.2, -0.15) is 0 Å². The standard InChI is InChI=1S/C21H31N3O.2ClH/c25-20(24-15-13-23(14-16-24)19-9-12-22-17-19)21(10-5-2-6-11-21)18-7-3-1-4-8-18;;/h1,3-4,7-8,19,22H,2,5-6,9-17H2;2*1H. The van der Waals surface area contributed by atoms with E-state index in [4.69, 9.17) is 0 Å². The smallest absolute Gasteiger partial charge is 0.233 e. The number of amides is 1. The van der Waals surface area contributed by atoms with Crippen LogP contribution in [0.25, 0.3) is 0 Å². The van der Waals surface area contributed by atoms with Crippen molar-refractivity contribution in [3.8, 4) is 0 Å². The molecular formula is C21H33Cl2N3O. The first-order chi connectivity index (χ1) is 12.3. The number of carbonyl (C=O) groups is 1. The monoisotopic (exact) mass is 413 g/mol. The Kier molecular flexibility index (Phi) is 8.41. The van der Waals surface area contributed by atoms with Gasteiger partial charge in [-0.05, 0) is 31.4 Å². The third kappa shape index (κ3) is 4.61. The van der Waals surface area contributed by atoms with Crippen LogP contribution >= 0.6 is 24.8 Å². The number of hydrogen-bond donors (Lipinski definition) is 1. The fraction of sp³-hybridized carbons (Fsp3) is 0.667. The summed E-state index contributed by atoms with van der Waals surface area (Å²) in [6.07, 6.45) is 6.90. The second-order valence-electron chi connectivity index (χ2n) is 7.98. The first-order valence-electron chi connectivity index (χ1n) is 10.1. The van der Waals surface area contributed by atoms with E-state index in [0.717, 1.165) is 52.1 Å². The third-order valence-corrected chi connectivity index (χ3v) is 6.60. The van der Waals surface area contributed by atoms with Gasteiger partial charge in [-0.15, -0.1) is 24.8 Å². The summed E-state index contributed by atoms with van der Waals surface area (Å²) in [5, 5.41) is 3.46. The number of piperazine rings is 1. The topological polar surface area (TPSA) is 35.6 Å². The van der Waals surface area contributed by atoms with Crippen molar-refractivity contribution >= 4 is 30.7 Å². The van der Waals surface area contributed by atoms with Crippen LogP contribution < -0.4 is 5.32 Å². The molecule has 1 unspecified atom stereocenters. The van der Waals surface area contributed by atoms with Crippen molar-refractivity contribution in [1.82, 2.24) is 15.1 Å². The predicted octanol–water partition coefficient (Wildman–Crippen LogP) is 3.24. The molecule has 0 radical (unpaired) electrons. The number of carbonyl (C=O) groups excluding carboxylic acids is 1. The highest BCUT2D eigenvalue weighted by molar-refractivity contribution is 5.88. The molecule has 0 spiro atoms. The first kappa shape index (κ1) is 22.5. The van der Waals surface area contributed by atoms with Crippen molar-refractivity contribution in [1.29, 1.82) is 0 Å². The molecule has 4 nitrogen and oxygen atoms in total. The van der Waals surface area contributed by atoms with E-state index in [1.165, 1.54) is 31.2 Å². The maximum absolute atomic E-state index is 13.6. The Morgan fingerprint density at radius 3 is 2.22 bits per heavy atom. The summed E-state index contributed by atoms with van der Waals surface area (Å²) >= 11 is 0. The average molecular weight is 414 g/mol. The quantitative estimate of drug-likeness (QED) is 0.825. The van der Waals surface area contributed by atoms with E-state index in [2.05, 4.69) is 45.4 Å². The molecule has 1 atom stereocenters. The predicted molar refractivity (Wildman–Crippen MR) is 115 cm³/mol. The zero-order valence-electron chi connectivity index (χ0n) is 16.1. The summed E-state index contributed by atoms with van der Waals surface area (Å²) in [4.78, 5) is 18.3. The van der Waals surface area contributed by atoms with Gasteiger partial charge < -0.3 is 10.2 Å². The van der Waals surface area contributed by atoms with Gasteiger partial charge in [-0.1, -0.05) is 49.6 Å². The molecule has 0 bridgehead atoms. The van der Waals surface area contributed by atoms with Gasteiger partial charge in [0.2, 0.25) is 5.91 Å². The van der Waals surface area contributed by atoms with Crippen LogP contribution in [-0.2, 0) is 10.2 Å². The normalized spacial score (nSPS) is 25.3. The van der Waals surface area contributed by atoms with Crippen molar-refractivity contribution in [2.75, 3.05) is 39.3 Å².